The highest BCUT2D eigenvalue weighted by Gasteiger charge is 2.23. The van der Waals surface area contributed by atoms with Crippen LogP contribution in [-0.4, -0.2) is 29.9 Å². The molecule has 0 N–H and O–H groups in total. The molecular weight excluding hydrogens is 349 g/mol. The standard InChI is InChI=1S/C18H17Cl2NO3/c1-12(17(22)21(2)11-13-6-4-3-5-7-13)24-18(23)15-9-8-14(19)10-16(15)20/h3-10,12H,11H2,1-2H3/t12-/m1/s1. The van der Waals surface area contributed by atoms with Crippen molar-refractivity contribution in [1.29, 1.82) is 0 Å². The molecule has 0 bridgehead atoms. The fourth-order valence-electron chi connectivity index (χ4n) is 2.18. The summed E-state index contributed by atoms with van der Waals surface area (Å²) in [7, 11) is 1.66. The number of carbonyl (C=O) groups is 2. The largest absolute Gasteiger partial charge is 0.449 e. The van der Waals surface area contributed by atoms with Gasteiger partial charge in [0.25, 0.3) is 5.91 Å². The van der Waals surface area contributed by atoms with Crippen LogP contribution in [0.15, 0.2) is 48.5 Å². The fourth-order valence-corrected chi connectivity index (χ4v) is 2.66. The topological polar surface area (TPSA) is 46.6 Å². The zero-order valence-electron chi connectivity index (χ0n) is 13.3. The molecule has 0 saturated heterocycles. The number of halogens is 2. The monoisotopic (exact) mass is 365 g/mol. The second-order valence-corrected chi connectivity index (χ2v) is 6.20. The number of nitrogens with zero attached hydrogens (tertiary/aromatic N) is 1. The average Bonchev–Trinajstić information content (AvgIpc) is 2.54. The quantitative estimate of drug-likeness (QED) is 0.746. The number of esters is 1. The second-order valence-electron chi connectivity index (χ2n) is 5.35. The van der Waals surface area contributed by atoms with E-state index in [1.54, 1.807) is 7.05 Å². The van der Waals surface area contributed by atoms with Gasteiger partial charge in [0.2, 0.25) is 0 Å². The number of carbonyl (C=O) groups excluding carboxylic acids is 2. The van der Waals surface area contributed by atoms with Crippen molar-refractivity contribution in [2.24, 2.45) is 0 Å². The van der Waals surface area contributed by atoms with Crippen LogP contribution in [0.5, 0.6) is 0 Å². The number of likely N-dealkylation sites (N-methyl/N-ethyl adjacent to an activating group) is 1. The average molecular weight is 366 g/mol. The maximum atomic E-state index is 12.3. The highest BCUT2D eigenvalue weighted by atomic mass is 35.5. The lowest BCUT2D eigenvalue weighted by Gasteiger charge is -2.21. The molecule has 126 valence electrons. The summed E-state index contributed by atoms with van der Waals surface area (Å²) in [4.78, 5) is 26.0. The van der Waals surface area contributed by atoms with E-state index < -0.39 is 12.1 Å². The Hall–Kier alpha value is -2.04. The minimum absolute atomic E-state index is 0.173. The summed E-state index contributed by atoms with van der Waals surface area (Å²) in [5, 5.41) is 0.605. The van der Waals surface area contributed by atoms with E-state index in [-0.39, 0.29) is 16.5 Å². The molecule has 0 aromatic heterocycles. The highest BCUT2D eigenvalue weighted by Crippen LogP contribution is 2.22. The first-order chi connectivity index (χ1) is 11.4. The van der Waals surface area contributed by atoms with E-state index in [2.05, 4.69) is 0 Å². The van der Waals surface area contributed by atoms with Gasteiger partial charge in [0.15, 0.2) is 6.10 Å². The third-order valence-corrected chi connectivity index (χ3v) is 3.97. The number of rotatable bonds is 5. The van der Waals surface area contributed by atoms with Crippen molar-refractivity contribution in [1.82, 2.24) is 4.90 Å². The Morgan fingerprint density at radius 2 is 1.79 bits per heavy atom. The van der Waals surface area contributed by atoms with Gasteiger partial charge >= 0.3 is 5.97 Å². The van der Waals surface area contributed by atoms with E-state index in [1.807, 2.05) is 30.3 Å². The van der Waals surface area contributed by atoms with Gasteiger partial charge < -0.3 is 9.64 Å². The fraction of sp³-hybridized carbons (Fsp3) is 0.222. The Labute approximate surface area is 150 Å². The van der Waals surface area contributed by atoms with E-state index in [1.165, 1.54) is 30.0 Å². The summed E-state index contributed by atoms with van der Waals surface area (Å²) in [6, 6.07) is 14.0. The van der Waals surface area contributed by atoms with Crippen LogP contribution in [0.1, 0.15) is 22.8 Å². The Balaban J connectivity index is 1.99. The molecule has 1 amide bonds. The van der Waals surface area contributed by atoms with Crippen LogP contribution >= 0.6 is 23.2 Å². The van der Waals surface area contributed by atoms with E-state index in [9.17, 15) is 9.59 Å². The first-order valence-corrected chi connectivity index (χ1v) is 8.09. The van der Waals surface area contributed by atoms with Gasteiger partial charge in [0, 0.05) is 18.6 Å². The molecule has 2 aromatic carbocycles. The molecule has 0 heterocycles. The second kappa shape index (κ2) is 8.18. The molecule has 0 radical (unpaired) electrons. The highest BCUT2D eigenvalue weighted by molar-refractivity contribution is 6.36. The summed E-state index contributed by atoms with van der Waals surface area (Å²) < 4.78 is 5.22. The molecule has 0 unspecified atom stereocenters. The molecule has 4 nitrogen and oxygen atoms in total. The Kier molecular flexibility index (Phi) is 6.23. The van der Waals surface area contributed by atoms with Gasteiger partial charge in [-0.15, -0.1) is 0 Å². The van der Waals surface area contributed by atoms with Gasteiger partial charge in [-0.3, -0.25) is 4.79 Å². The van der Waals surface area contributed by atoms with Crippen LogP contribution in [0, 0.1) is 0 Å². The van der Waals surface area contributed by atoms with E-state index >= 15 is 0 Å². The molecule has 0 aliphatic rings. The van der Waals surface area contributed by atoms with Crippen molar-refractivity contribution < 1.29 is 14.3 Å². The lowest BCUT2D eigenvalue weighted by atomic mass is 10.2. The van der Waals surface area contributed by atoms with Gasteiger partial charge in [-0.1, -0.05) is 53.5 Å². The lowest BCUT2D eigenvalue weighted by molar-refractivity contribution is -0.139. The molecule has 2 rings (SSSR count). The Morgan fingerprint density at radius 1 is 1.12 bits per heavy atom. The van der Waals surface area contributed by atoms with Crippen LogP contribution in [0.2, 0.25) is 10.0 Å². The van der Waals surface area contributed by atoms with E-state index in [0.29, 0.717) is 11.6 Å². The molecule has 0 fully saturated rings. The SMILES string of the molecule is C[C@@H](OC(=O)c1ccc(Cl)cc1Cl)C(=O)N(C)Cc1ccccc1. The first-order valence-electron chi connectivity index (χ1n) is 7.33. The predicted molar refractivity (Wildman–Crippen MR) is 94.3 cm³/mol. The van der Waals surface area contributed by atoms with Crippen molar-refractivity contribution in [3.05, 3.63) is 69.7 Å². The van der Waals surface area contributed by atoms with Gasteiger partial charge in [0.05, 0.1) is 10.6 Å². The number of benzene rings is 2. The summed E-state index contributed by atoms with van der Waals surface area (Å²) in [5.74, 6) is -0.956. The third-order valence-electron chi connectivity index (χ3n) is 3.42. The summed E-state index contributed by atoms with van der Waals surface area (Å²) in [5.41, 5.74) is 1.17. The van der Waals surface area contributed by atoms with Gasteiger partial charge in [-0.25, -0.2) is 4.79 Å². The van der Waals surface area contributed by atoms with Crippen molar-refractivity contribution in [3.8, 4) is 0 Å². The number of ether oxygens (including phenoxy) is 1. The van der Waals surface area contributed by atoms with Crippen LogP contribution in [0.25, 0.3) is 0 Å². The molecule has 6 heteroatoms. The number of hydrogen-bond acceptors (Lipinski definition) is 3. The normalized spacial score (nSPS) is 11.7. The van der Waals surface area contributed by atoms with E-state index in [0.717, 1.165) is 5.56 Å². The zero-order valence-corrected chi connectivity index (χ0v) is 14.8. The van der Waals surface area contributed by atoms with Crippen molar-refractivity contribution in [2.75, 3.05) is 7.05 Å². The zero-order chi connectivity index (χ0) is 17.7. The molecule has 0 spiro atoms. The van der Waals surface area contributed by atoms with Gasteiger partial charge in [0.1, 0.15) is 0 Å². The minimum atomic E-state index is -0.919. The Morgan fingerprint density at radius 3 is 2.42 bits per heavy atom. The van der Waals surface area contributed by atoms with Gasteiger partial charge in [-0.05, 0) is 30.7 Å². The van der Waals surface area contributed by atoms with E-state index in [4.69, 9.17) is 27.9 Å². The molecule has 1 atom stereocenters. The first kappa shape index (κ1) is 18.3. The molecular formula is C18H17Cl2NO3. The lowest BCUT2D eigenvalue weighted by Crippen LogP contribution is -2.37. The van der Waals surface area contributed by atoms with Gasteiger partial charge in [-0.2, -0.15) is 0 Å². The number of hydrogen-bond donors (Lipinski definition) is 0. The summed E-state index contributed by atoms with van der Waals surface area (Å²) >= 11 is 11.8. The van der Waals surface area contributed by atoms with Crippen LogP contribution < -0.4 is 0 Å². The summed E-state index contributed by atoms with van der Waals surface area (Å²) in [6.45, 7) is 1.97. The summed E-state index contributed by atoms with van der Waals surface area (Å²) in [6.07, 6.45) is -0.919. The smallest absolute Gasteiger partial charge is 0.340 e. The molecule has 24 heavy (non-hydrogen) atoms. The molecule has 0 aliphatic heterocycles. The molecule has 0 aliphatic carbocycles. The van der Waals surface area contributed by atoms with Crippen molar-refractivity contribution >= 4 is 35.1 Å². The van der Waals surface area contributed by atoms with Crippen LogP contribution in [-0.2, 0) is 16.1 Å². The predicted octanol–water partition coefficient (Wildman–Crippen LogP) is 4.20. The minimum Gasteiger partial charge on any atom is -0.449 e. The maximum Gasteiger partial charge on any atom is 0.340 e. The van der Waals surface area contributed by atoms with Crippen molar-refractivity contribution in [3.63, 3.8) is 0 Å². The third kappa shape index (κ3) is 4.73. The maximum absolute atomic E-state index is 12.3. The van der Waals surface area contributed by atoms with Crippen LogP contribution in [0.3, 0.4) is 0 Å². The number of amides is 1. The van der Waals surface area contributed by atoms with Crippen LogP contribution in [0.4, 0.5) is 0 Å². The molecule has 2 aromatic rings. The van der Waals surface area contributed by atoms with Crippen molar-refractivity contribution in [2.45, 2.75) is 19.6 Å². The molecule has 0 saturated carbocycles. The Bertz CT molecular complexity index is 734.